The third-order valence-electron chi connectivity index (χ3n) is 2.92. The second-order valence-corrected chi connectivity index (χ2v) is 4.52. The van der Waals surface area contributed by atoms with E-state index in [1.807, 2.05) is 0 Å². The molecule has 1 rings (SSSR count). The molecule has 7 heteroatoms. The molecule has 0 heterocycles. The molecule has 0 radical (unpaired) electrons. The number of nitro groups is 1. The first kappa shape index (κ1) is 17.1. The lowest BCUT2D eigenvalue weighted by molar-refractivity contribution is -0.385. The number of benzene rings is 1. The van der Waals surface area contributed by atoms with Gasteiger partial charge in [-0.15, -0.1) is 0 Å². The summed E-state index contributed by atoms with van der Waals surface area (Å²) in [7, 11) is 0. The molecule has 0 unspecified atom stereocenters. The summed E-state index contributed by atoms with van der Waals surface area (Å²) in [6, 6.07) is 4.25. The number of aromatic carboxylic acids is 1. The summed E-state index contributed by atoms with van der Waals surface area (Å²) in [5.41, 5.74) is -0.256. The molecule has 0 saturated carbocycles. The Labute approximate surface area is 123 Å². The first-order chi connectivity index (χ1) is 10.1. The van der Waals surface area contributed by atoms with Gasteiger partial charge in [0.15, 0.2) is 0 Å². The van der Waals surface area contributed by atoms with Crippen molar-refractivity contribution in [1.29, 1.82) is 0 Å². The van der Waals surface area contributed by atoms with E-state index >= 15 is 0 Å². The maximum atomic E-state index is 11.2. The Morgan fingerprint density at radius 2 is 2.19 bits per heavy atom. The van der Waals surface area contributed by atoms with Gasteiger partial charge in [-0.1, -0.05) is 25.5 Å². The van der Waals surface area contributed by atoms with Crippen molar-refractivity contribution in [2.75, 3.05) is 19.8 Å². The van der Waals surface area contributed by atoms with Gasteiger partial charge in [-0.2, -0.15) is 0 Å². The molecule has 21 heavy (non-hydrogen) atoms. The summed E-state index contributed by atoms with van der Waals surface area (Å²) in [5.74, 6) is -1.29. The van der Waals surface area contributed by atoms with E-state index in [9.17, 15) is 14.9 Å². The molecule has 7 nitrogen and oxygen atoms in total. The van der Waals surface area contributed by atoms with E-state index in [4.69, 9.17) is 9.84 Å². The topological polar surface area (TPSA) is 102 Å². The number of nitrogens with zero attached hydrogens (tertiary/aromatic N) is 1. The molecule has 0 bridgehead atoms. The van der Waals surface area contributed by atoms with Crippen LogP contribution in [0, 0.1) is 10.1 Å². The molecule has 0 aliphatic rings. The standard InChI is InChI=1S/C14H20N2O5/c1-2-3-8-21-9-7-15-10-11-5-4-6-12(16(19)20)13(11)14(17)18/h4-6,15H,2-3,7-10H2,1H3,(H,17,18). The lowest BCUT2D eigenvalue weighted by Crippen LogP contribution is -2.21. The van der Waals surface area contributed by atoms with Gasteiger partial charge in [0.2, 0.25) is 0 Å². The number of hydrogen-bond donors (Lipinski definition) is 2. The van der Waals surface area contributed by atoms with Crippen molar-refractivity contribution in [3.05, 3.63) is 39.4 Å². The van der Waals surface area contributed by atoms with Crippen LogP contribution in [0.1, 0.15) is 35.7 Å². The Morgan fingerprint density at radius 1 is 1.43 bits per heavy atom. The van der Waals surface area contributed by atoms with E-state index in [0.717, 1.165) is 12.8 Å². The summed E-state index contributed by atoms with van der Waals surface area (Å²) in [6.07, 6.45) is 2.08. The summed E-state index contributed by atoms with van der Waals surface area (Å²) in [5, 5.41) is 23.0. The van der Waals surface area contributed by atoms with Crippen molar-refractivity contribution in [2.24, 2.45) is 0 Å². The minimum absolute atomic E-state index is 0.250. The lowest BCUT2D eigenvalue weighted by atomic mass is 10.1. The normalized spacial score (nSPS) is 10.5. The van der Waals surface area contributed by atoms with Crippen molar-refractivity contribution >= 4 is 11.7 Å². The highest BCUT2D eigenvalue weighted by Gasteiger charge is 2.22. The van der Waals surface area contributed by atoms with E-state index in [2.05, 4.69) is 12.2 Å². The molecule has 0 atom stereocenters. The van der Waals surface area contributed by atoms with Gasteiger partial charge in [0.1, 0.15) is 5.56 Å². The number of carbonyl (C=O) groups is 1. The second-order valence-electron chi connectivity index (χ2n) is 4.52. The molecule has 0 saturated heterocycles. The maximum absolute atomic E-state index is 11.2. The van der Waals surface area contributed by atoms with Gasteiger partial charge in [0.25, 0.3) is 5.69 Å². The van der Waals surface area contributed by atoms with Crippen LogP contribution in [0.25, 0.3) is 0 Å². The van der Waals surface area contributed by atoms with Crippen LogP contribution in [0.4, 0.5) is 5.69 Å². The molecule has 0 aromatic heterocycles. The molecule has 116 valence electrons. The lowest BCUT2D eigenvalue weighted by Gasteiger charge is -2.08. The van der Waals surface area contributed by atoms with Gasteiger partial charge in [-0.05, 0) is 12.0 Å². The van der Waals surface area contributed by atoms with E-state index in [1.54, 1.807) is 6.07 Å². The molecule has 0 spiro atoms. The fraction of sp³-hybridized carbons (Fsp3) is 0.500. The number of carboxylic acid groups (broad SMARTS) is 1. The zero-order chi connectivity index (χ0) is 15.7. The van der Waals surface area contributed by atoms with Crippen molar-refractivity contribution in [2.45, 2.75) is 26.3 Å². The maximum Gasteiger partial charge on any atom is 0.343 e. The quantitative estimate of drug-likeness (QED) is 0.390. The van der Waals surface area contributed by atoms with Crippen molar-refractivity contribution in [3.63, 3.8) is 0 Å². The van der Waals surface area contributed by atoms with E-state index in [0.29, 0.717) is 25.3 Å². The number of carboxylic acids is 1. The Kier molecular flexibility index (Phi) is 7.34. The van der Waals surface area contributed by atoms with Gasteiger partial charge < -0.3 is 15.2 Å². The summed E-state index contributed by atoms with van der Waals surface area (Å²) in [6.45, 7) is 4.12. The van der Waals surface area contributed by atoms with Crippen LogP contribution in [0.2, 0.25) is 0 Å². The molecule has 1 aromatic carbocycles. The smallest absolute Gasteiger partial charge is 0.343 e. The predicted molar refractivity (Wildman–Crippen MR) is 77.5 cm³/mol. The van der Waals surface area contributed by atoms with Crippen LogP contribution < -0.4 is 5.32 Å². The third-order valence-corrected chi connectivity index (χ3v) is 2.92. The molecule has 0 aliphatic heterocycles. The summed E-state index contributed by atoms with van der Waals surface area (Å²) < 4.78 is 5.36. The number of unbranched alkanes of at least 4 members (excludes halogenated alkanes) is 1. The van der Waals surface area contributed by atoms with Crippen molar-refractivity contribution < 1.29 is 19.6 Å². The Bertz CT molecular complexity index is 490. The van der Waals surface area contributed by atoms with Gasteiger partial charge in [0, 0.05) is 25.8 Å². The number of ether oxygens (including phenoxy) is 1. The molecular formula is C14H20N2O5. The zero-order valence-corrected chi connectivity index (χ0v) is 12.0. The molecule has 1 aromatic rings. The minimum atomic E-state index is -1.29. The Morgan fingerprint density at radius 3 is 2.81 bits per heavy atom. The molecule has 0 fully saturated rings. The Balaban J connectivity index is 2.57. The number of nitrogens with one attached hydrogen (secondary N) is 1. The average molecular weight is 296 g/mol. The highest BCUT2D eigenvalue weighted by Crippen LogP contribution is 2.22. The number of hydrogen-bond acceptors (Lipinski definition) is 5. The predicted octanol–water partition coefficient (Wildman–Crippen LogP) is 2.20. The minimum Gasteiger partial charge on any atom is -0.477 e. The fourth-order valence-corrected chi connectivity index (χ4v) is 1.85. The van der Waals surface area contributed by atoms with Gasteiger partial charge in [-0.3, -0.25) is 10.1 Å². The van der Waals surface area contributed by atoms with Gasteiger partial charge in [-0.25, -0.2) is 4.79 Å². The van der Waals surface area contributed by atoms with Crippen LogP contribution >= 0.6 is 0 Å². The average Bonchev–Trinajstić information content (AvgIpc) is 2.45. The number of rotatable bonds is 10. The van der Waals surface area contributed by atoms with Gasteiger partial charge >= 0.3 is 5.97 Å². The zero-order valence-electron chi connectivity index (χ0n) is 12.0. The third kappa shape index (κ3) is 5.49. The highest BCUT2D eigenvalue weighted by atomic mass is 16.6. The first-order valence-corrected chi connectivity index (χ1v) is 6.86. The summed E-state index contributed by atoms with van der Waals surface area (Å²) >= 11 is 0. The van der Waals surface area contributed by atoms with Crippen LogP contribution in [0.15, 0.2) is 18.2 Å². The monoisotopic (exact) mass is 296 g/mol. The number of nitro benzene ring substituents is 1. The first-order valence-electron chi connectivity index (χ1n) is 6.86. The SMILES string of the molecule is CCCCOCCNCc1cccc([N+](=O)[O-])c1C(=O)O. The molecule has 2 N–H and O–H groups in total. The van der Waals surface area contributed by atoms with E-state index < -0.39 is 10.9 Å². The molecule has 0 amide bonds. The van der Waals surface area contributed by atoms with Gasteiger partial charge in [0.05, 0.1) is 11.5 Å². The van der Waals surface area contributed by atoms with E-state index in [1.165, 1.54) is 12.1 Å². The van der Waals surface area contributed by atoms with Crippen LogP contribution in [-0.4, -0.2) is 35.8 Å². The van der Waals surface area contributed by atoms with Crippen molar-refractivity contribution in [3.8, 4) is 0 Å². The fourth-order valence-electron chi connectivity index (χ4n) is 1.85. The summed E-state index contributed by atoms with van der Waals surface area (Å²) in [4.78, 5) is 21.4. The second kappa shape index (κ2) is 9.04. The highest BCUT2D eigenvalue weighted by molar-refractivity contribution is 5.94. The van der Waals surface area contributed by atoms with Crippen LogP contribution in [0.3, 0.4) is 0 Å². The molecule has 0 aliphatic carbocycles. The largest absolute Gasteiger partial charge is 0.477 e. The van der Waals surface area contributed by atoms with Crippen LogP contribution in [-0.2, 0) is 11.3 Å². The van der Waals surface area contributed by atoms with Crippen molar-refractivity contribution in [1.82, 2.24) is 5.32 Å². The Hall–Kier alpha value is -1.99. The van der Waals surface area contributed by atoms with Crippen LogP contribution in [0.5, 0.6) is 0 Å². The van der Waals surface area contributed by atoms with E-state index in [-0.39, 0.29) is 17.8 Å². The molecular weight excluding hydrogens is 276 g/mol.